The van der Waals surface area contributed by atoms with Crippen molar-refractivity contribution in [3.05, 3.63) is 102 Å². The Morgan fingerprint density at radius 1 is 0.821 bits per heavy atom. The molecule has 3 aromatic carbocycles. The molecule has 3 rings (SSSR count). The van der Waals surface area contributed by atoms with E-state index in [0.717, 1.165) is 18.4 Å². The van der Waals surface area contributed by atoms with Gasteiger partial charge in [-0.3, -0.25) is 9.59 Å². The summed E-state index contributed by atoms with van der Waals surface area (Å²) in [5.41, 5.74) is 3.57. The molecule has 4 nitrogen and oxygen atoms in total. The zero-order valence-corrected chi connectivity index (χ0v) is 15.9. The number of aryl methyl sites for hydroxylation is 1. The Labute approximate surface area is 165 Å². The van der Waals surface area contributed by atoms with E-state index in [9.17, 15) is 9.59 Å². The molecule has 0 aliphatic rings. The second kappa shape index (κ2) is 9.51. The van der Waals surface area contributed by atoms with Crippen LogP contribution < -0.4 is 10.6 Å². The summed E-state index contributed by atoms with van der Waals surface area (Å²) in [6.07, 6.45) is 1.69. The fourth-order valence-corrected chi connectivity index (χ4v) is 3.11. The Morgan fingerprint density at radius 3 is 2.04 bits per heavy atom. The smallest absolute Gasteiger partial charge is 0.251 e. The Hall–Kier alpha value is -3.40. The molecule has 28 heavy (non-hydrogen) atoms. The van der Waals surface area contributed by atoms with Crippen LogP contribution in [0.2, 0.25) is 0 Å². The molecule has 4 heteroatoms. The van der Waals surface area contributed by atoms with E-state index in [0.29, 0.717) is 11.3 Å². The van der Waals surface area contributed by atoms with Crippen molar-refractivity contribution in [1.82, 2.24) is 5.32 Å². The lowest BCUT2D eigenvalue weighted by molar-refractivity contribution is -0.114. The Kier molecular flexibility index (Phi) is 6.58. The van der Waals surface area contributed by atoms with Crippen molar-refractivity contribution in [2.24, 2.45) is 0 Å². The highest BCUT2D eigenvalue weighted by atomic mass is 16.2. The molecule has 0 aliphatic heterocycles. The second-order valence-electron chi connectivity index (χ2n) is 6.72. The zero-order valence-electron chi connectivity index (χ0n) is 15.9. The van der Waals surface area contributed by atoms with Gasteiger partial charge >= 0.3 is 0 Å². The number of benzene rings is 3. The van der Waals surface area contributed by atoms with Gasteiger partial charge < -0.3 is 10.6 Å². The van der Waals surface area contributed by atoms with Gasteiger partial charge in [-0.05, 0) is 48.2 Å². The highest BCUT2D eigenvalue weighted by Gasteiger charge is 2.16. The summed E-state index contributed by atoms with van der Waals surface area (Å²) in [6, 6.07) is 27.1. The van der Waals surface area contributed by atoms with Crippen LogP contribution in [0.25, 0.3) is 0 Å². The Bertz CT molecular complexity index is 906. The number of hydrogen-bond acceptors (Lipinski definition) is 2. The van der Waals surface area contributed by atoms with Crippen molar-refractivity contribution in [1.29, 1.82) is 0 Å². The summed E-state index contributed by atoms with van der Waals surface area (Å²) in [5.74, 6) is -0.265. The van der Waals surface area contributed by atoms with Crippen molar-refractivity contribution in [3.63, 3.8) is 0 Å². The van der Waals surface area contributed by atoms with Gasteiger partial charge in [-0.15, -0.1) is 0 Å². The van der Waals surface area contributed by atoms with Crippen LogP contribution in [0.1, 0.15) is 40.9 Å². The van der Waals surface area contributed by atoms with Crippen LogP contribution in [0.3, 0.4) is 0 Å². The van der Waals surface area contributed by atoms with Gasteiger partial charge in [0.1, 0.15) is 0 Å². The van der Waals surface area contributed by atoms with Crippen LogP contribution in [-0.4, -0.2) is 11.8 Å². The number of anilines is 1. The van der Waals surface area contributed by atoms with Crippen LogP contribution >= 0.6 is 0 Å². The third kappa shape index (κ3) is 5.55. The average molecular weight is 372 g/mol. The summed E-state index contributed by atoms with van der Waals surface area (Å²) in [7, 11) is 0. The van der Waals surface area contributed by atoms with E-state index in [1.165, 1.54) is 12.5 Å². The molecule has 0 radical (unpaired) electrons. The third-order valence-electron chi connectivity index (χ3n) is 4.54. The highest BCUT2D eigenvalue weighted by Crippen LogP contribution is 2.20. The van der Waals surface area contributed by atoms with Gasteiger partial charge in [0.05, 0.1) is 6.04 Å². The molecule has 0 aromatic heterocycles. The first kappa shape index (κ1) is 19.4. The van der Waals surface area contributed by atoms with Gasteiger partial charge in [0, 0.05) is 18.2 Å². The number of amides is 2. The van der Waals surface area contributed by atoms with E-state index in [1.54, 1.807) is 24.3 Å². The maximum Gasteiger partial charge on any atom is 0.251 e. The van der Waals surface area contributed by atoms with Gasteiger partial charge in [-0.2, -0.15) is 0 Å². The summed E-state index contributed by atoms with van der Waals surface area (Å²) >= 11 is 0. The summed E-state index contributed by atoms with van der Waals surface area (Å²) in [6.45, 7) is 1.46. The van der Waals surface area contributed by atoms with Gasteiger partial charge in [0.2, 0.25) is 5.91 Å². The minimum absolute atomic E-state index is 0.0797. The van der Waals surface area contributed by atoms with Crippen molar-refractivity contribution in [3.8, 4) is 0 Å². The molecule has 2 N–H and O–H groups in total. The van der Waals surface area contributed by atoms with E-state index < -0.39 is 0 Å². The highest BCUT2D eigenvalue weighted by molar-refractivity contribution is 5.95. The molecular weight excluding hydrogens is 348 g/mol. The largest absolute Gasteiger partial charge is 0.345 e. The molecule has 0 saturated heterocycles. The maximum atomic E-state index is 12.8. The average Bonchev–Trinajstić information content (AvgIpc) is 2.72. The van der Waals surface area contributed by atoms with Crippen LogP contribution in [-0.2, 0) is 11.2 Å². The van der Waals surface area contributed by atoms with Crippen molar-refractivity contribution >= 4 is 17.5 Å². The van der Waals surface area contributed by atoms with Gasteiger partial charge in [-0.25, -0.2) is 0 Å². The molecule has 1 atom stereocenters. The molecule has 0 bridgehead atoms. The Morgan fingerprint density at radius 2 is 1.43 bits per heavy atom. The fraction of sp³-hybridized carbons (Fsp3) is 0.167. The predicted molar refractivity (Wildman–Crippen MR) is 112 cm³/mol. The topological polar surface area (TPSA) is 58.2 Å². The third-order valence-corrected chi connectivity index (χ3v) is 4.54. The molecule has 2 amide bonds. The molecule has 0 spiro atoms. The van der Waals surface area contributed by atoms with Crippen LogP contribution in [0, 0.1) is 0 Å². The van der Waals surface area contributed by atoms with Gasteiger partial charge in [0.15, 0.2) is 0 Å². The molecule has 142 valence electrons. The quantitative estimate of drug-likeness (QED) is 0.629. The number of hydrogen-bond donors (Lipinski definition) is 2. The molecule has 0 aliphatic carbocycles. The van der Waals surface area contributed by atoms with E-state index in [4.69, 9.17) is 0 Å². The first-order valence-electron chi connectivity index (χ1n) is 9.39. The normalized spacial score (nSPS) is 11.5. The SMILES string of the molecule is CC(=O)Nc1ccc(C(=O)NC(CCc2ccccc2)c2ccccc2)cc1. The molecule has 0 fully saturated rings. The molecule has 0 saturated carbocycles. The van der Waals surface area contributed by atoms with Gasteiger partial charge in [0.25, 0.3) is 5.91 Å². The first-order valence-corrected chi connectivity index (χ1v) is 9.39. The fourth-order valence-electron chi connectivity index (χ4n) is 3.11. The number of carbonyl (C=O) groups is 2. The summed E-state index contributed by atoms with van der Waals surface area (Å²) in [5, 5.41) is 5.86. The Balaban J connectivity index is 1.71. The lowest BCUT2D eigenvalue weighted by atomic mass is 9.98. The first-order chi connectivity index (χ1) is 13.6. The van der Waals surface area contributed by atoms with E-state index >= 15 is 0 Å². The lowest BCUT2D eigenvalue weighted by Crippen LogP contribution is -2.29. The number of rotatable bonds is 7. The standard InChI is InChI=1S/C24H24N2O2/c1-18(27)25-22-15-13-21(14-16-22)24(28)26-23(20-10-6-3-7-11-20)17-12-19-8-4-2-5-9-19/h2-11,13-16,23H,12,17H2,1H3,(H,25,27)(H,26,28). The van der Waals surface area contributed by atoms with E-state index in [2.05, 4.69) is 22.8 Å². The van der Waals surface area contributed by atoms with E-state index in [1.807, 2.05) is 48.5 Å². The summed E-state index contributed by atoms with van der Waals surface area (Å²) in [4.78, 5) is 23.9. The van der Waals surface area contributed by atoms with Crippen molar-refractivity contribution in [2.75, 3.05) is 5.32 Å². The van der Waals surface area contributed by atoms with Crippen LogP contribution in [0.5, 0.6) is 0 Å². The van der Waals surface area contributed by atoms with Crippen molar-refractivity contribution < 1.29 is 9.59 Å². The van der Waals surface area contributed by atoms with Crippen molar-refractivity contribution in [2.45, 2.75) is 25.8 Å². The second-order valence-corrected chi connectivity index (χ2v) is 6.72. The van der Waals surface area contributed by atoms with Crippen LogP contribution in [0.4, 0.5) is 5.69 Å². The molecule has 3 aromatic rings. The minimum Gasteiger partial charge on any atom is -0.345 e. The molecular formula is C24H24N2O2. The summed E-state index contributed by atoms with van der Waals surface area (Å²) < 4.78 is 0. The minimum atomic E-state index is -0.137. The number of nitrogens with one attached hydrogen (secondary N) is 2. The lowest BCUT2D eigenvalue weighted by Gasteiger charge is -2.19. The molecule has 1 unspecified atom stereocenters. The zero-order chi connectivity index (χ0) is 19.8. The predicted octanol–water partition coefficient (Wildman–Crippen LogP) is 4.75. The number of carbonyl (C=O) groups excluding carboxylic acids is 2. The van der Waals surface area contributed by atoms with Gasteiger partial charge in [-0.1, -0.05) is 60.7 Å². The maximum absolute atomic E-state index is 12.8. The monoisotopic (exact) mass is 372 g/mol. The van der Waals surface area contributed by atoms with Crippen LogP contribution in [0.15, 0.2) is 84.9 Å². The van der Waals surface area contributed by atoms with E-state index in [-0.39, 0.29) is 17.9 Å². The molecule has 0 heterocycles.